The van der Waals surface area contributed by atoms with Gasteiger partial charge in [-0.1, -0.05) is 49.6 Å². The van der Waals surface area contributed by atoms with Crippen molar-refractivity contribution >= 4 is 40.6 Å². The first-order valence-electron chi connectivity index (χ1n) is 11.5. The van der Waals surface area contributed by atoms with Crippen molar-refractivity contribution in [2.24, 2.45) is 4.99 Å². The van der Waals surface area contributed by atoms with Gasteiger partial charge in [-0.2, -0.15) is 0 Å². The summed E-state index contributed by atoms with van der Waals surface area (Å²) in [4.78, 5) is 31.7. The van der Waals surface area contributed by atoms with E-state index in [9.17, 15) is 19.1 Å². The molecule has 0 atom stereocenters. The fraction of sp³-hybridized carbons (Fsp3) is 0.222. The minimum absolute atomic E-state index is 0.0229. The summed E-state index contributed by atoms with van der Waals surface area (Å²) in [6.07, 6.45) is 6.62. The highest BCUT2D eigenvalue weighted by molar-refractivity contribution is 8.18. The van der Waals surface area contributed by atoms with E-state index >= 15 is 0 Å². The summed E-state index contributed by atoms with van der Waals surface area (Å²) in [5.41, 5.74) is 0.784. The first-order chi connectivity index (χ1) is 17.0. The largest absolute Gasteiger partial charge is 0.478 e. The zero-order valence-electron chi connectivity index (χ0n) is 18.8. The molecule has 1 N–H and O–H groups in total. The number of thioether (sulfide) groups is 1. The van der Waals surface area contributed by atoms with Gasteiger partial charge in [0.05, 0.1) is 10.5 Å². The Labute approximate surface area is 206 Å². The number of furan rings is 1. The lowest BCUT2D eigenvalue weighted by Gasteiger charge is -2.30. The maximum absolute atomic E-state index is 14.3. The van der Waals surface area contributed by atoms with Crippen LogP contribution in [0.2, 0.25) is 0 Å². The molecule has 1 saturated heterocycles. The van der Waals surface area contributed by atoms with Gasteiger partial charge in [0, 0.05) is 17.7 Å². The van der Waals surface area contributed by atoms with E-state index in [1.54, 1.807) is 59.5 Å². The van der Waals surface area contributed by atoms with Gasteiger partial charge in [-0.05, 0) is 54.9 Å². The highest BCUT2D eigenvalue weighted by Gasteiger charge is 2.39. The molecule has 0 spiro atoms. The lowest BCUT2D eigenvalue weighted by atomic mass is 9.94. The van der Waals surface area contributed by atoms with Crippen LogP contribution in [0.1, 0.15) is 48.2 Å². The van der Waals surface area contributed by atoms with Gasteiger partial charge in [-0.15, -0.1) is 0 Å². The summed E-state index contributed by atoms with van der Waals surface area (Å²) in [6.45, 7) is 0. The summed E-state index contributed by atoms with van der Waals surface area (Å²) >= 11 is 1.20. The molecule has 0 unspecified atom stereocenters. The number of carbonyl (C=O) groups excluding carboxylic acids is 1. The van der Waals surface area contributed by atoms with Crippen molar-refractivity contribution < 1.29 is 23.5 Å². The predicted octanol–water partition coefficient (Wildman–Crippen LogP) is 6.72. The standard InChI is InChI=1S/C27H23FN2O4S/c28-21-12-6-7-13-22(21)29-27-30(17-8-2-1-3-9-17)25(31)24(35-27)16-18-14-15-23(34-18)19-10-4-5-11-20(19)26(32)33/h4-7,10-17H,1-3,8-9H2,(H,32,33)/b24-16-,29-27?. The number of amidine groups is 1. The lowest BCUT2D eigenvalue weighted by molar-refractivity contribution is -0.124. The smallest absolute Gasteiger partial charge is 0.336 e. The van der Waals surface area contributed by atoms with Crippen molar-refractivity contribution in [3.63, 3.8) is 0 Å². The van der Waals surface area contributed by atoms with E-state index in [0.717, 1.165) is 32.1 Å². The quantitative estimate of drug-likeness (QED) is 0.402. The number of hydrogen-bond donors (Lipinski definition) is 1. The maximum Gasteiger partial charge on any atom is 0.336 e. The second-order valence-corrected chi connectivity index (χ2v) is 9.49. The topological polar surface area (TPSA) is 83.1 Å². The van der Waals surface area contributed by atoms with Gasteiger partial charge in [-0.3, -0.25) is 9.69 Å². The minimum atomic E-state index is -1.05. The van der Waals surface area contributed by atoms with Gasteiger partial charge in [0.2, 0.25) is 0 Å². The van der Waals surface area contributed by atoms with Crippen molar-refractivity contribution in [3.8, 4) is 11.3 Å². The first-order valence-corrected chi connectivity index (χ1v) is 12.3. The molecule has 6 nitrogen and oxygen atoms in total. The Hall–Kier alpha value is -3.65. The molecule has 2 aromatic carbocycles. The Kier molecular flexibility index (Phi) is 6.55. The molecule has 1 aromatic heterocycles. The molecule has 2 heterocycles. The number of carboxylic acid groups (broad SMARTS) is 1. The molecular formula is C27H23FN2O4S. The molecular weight excluding hydrogens is 467 g/mol. The monoisotopic (exact) mass is 490 g/mol. The molecule has 0 bridgehead atoms. The summed E-state index contributed by atoms with van der Waals surface area (Å²) in [6, 6.07) is 16.3. The average molecular weight is 491 g/mol. The molecule has 35 heavy (non-hydrogen) atoms. The highest BCUT2D eigenvalue weighted by Crippen LogP contribution is 2.39. The van der Waals surface area contributed by atoms with E-state index < -0.39 is 11.8 Å². The van der Waals surface area contributed by atoms with E-state index in [1.807, 2.05) is 0 Å². The summed E-state index contributed by atoms with van der Waals surface area (Å²) in [7, 11) is 0. The molecule has 1 saturated carbocycles. The Morgan fingerprint density at radius 3 is 2.57 bits per heavy atom. The average Bonchev–Trinajstić information content (AvgIpc) is 3.45. The van der Waals surface area contributed by atoms with Crippen LogP contribution in [0.4, 0.5) is 10.1 Å². The van der Waals surface area contributed by atoms with Crippen molar-refractivity contribution in [1.82, 2.24) is 4.90 Å². The fourth-order valence-electron chi connectivity index (χ4n) is 4.46. The molecule has 1 amide bonds. The van der Waals surface area contributed by atoms with Crippen LogP contribution in [0.25, 0.3) is 17.4 Å². The van der Waals surface area contributed by atoms with Gasteiger partial charge in [0.1, 0.15) is 23.0 Å². The number of aromatic carboxylic acids is 1. The number of carbonyl (C=O) groups is 2. The van der Waals surface area contributed by atoms with E-state index in [4.69, 9.17) is 4.42 Å². The molecule has 5 rings (SSSR count). The van der Waals surface area contributed by atoms with Crippen molar-refractivity contribution in [2.75, 3.05) is 0 Å². The first kappa shape index (κ1) is 23.1. The van der Waals surface area contributed by atoms with Gasteiger partial charge < -0.3 is 9.52 Å². The number of rotatable bonds is 5. The fourth-order valence-corrected chi connectivity index (χ4v) is 5.49. The van der Waals surface area contributed by atoms with Gasteiger partial charge >= 0.3 is 5.97 Å². The van der Waals surface area contributed by atoms with Gasteiger partial charge in [0.25, 0.3) is 5.91 Å². The highest BCUT2D eigenvalue weighted by atomic mass is 32.2. The van der Waals surface area contributed by atoms with E-state index in [0.29, 0.717) is 27.2 Å². The molecule has 8 heteroatoms. The van der Waals surface area contributed by atoms with Crippen LogP contribution in [0.5, 0.6) is 0 Å². The molecule has 3 aromatic rings. The van der Waals surface area contributed by atoms with Crippen LogP contribution in [0.3, 0.4) is 0 Å². The Balaban J connectivity index is 1.49. The number of amides is 1. The second-order valence-electron chi connectivity index (χ2n) is 8.48. The van der Waals surface area contributed by atoms with Crippen LogP contribution in [-0.2, 0) is 4.79 Å². The molecule has 178 valence electrons. The molecule has 0 radical (unpaired) electrons. The van der Waals surface area contributed by atoms with Crippen LogP contribution < -0.4 is 0 Å². The third kappa shape index (κ3) is 4.79. The third-order valence-corrected chi connectivity index (χ3v) is 7.15. The van der Waals surface area contributed by atoms with Crippen molar-refractivity contribution in [3.05, 3.63) is 82.7 Å². The third-order valence-electron chi connectivity index (χ3n) is 6.17. The zero-order valence-corrected chi connectivity index (χ0v) is 19.6. The van der Waals surface area contributed by atoms with Crippen LogP contribution in [0.15, 0.2) is 75.0 Å². The van der Waals surface area contributed by atoms with E-state index in [1.165, 1.54) is 23.9 Å². The second kappa shape index (κ2) is 9.92. The molecule has 1 aliphatic heterocycles. The number of para-hydroxylation sites is 1. The van der Waals surface area contributed by atoms with E-state index in [2.05, 4.69) is 4.99 Å². The Morgan fingerprint density at radius 2 is 1.80 bits per heavy atom. The lowest BCUT2D eigenvalue weighted by Crippen LogP contribution is -2.40. The summed E-state index contributed by atoms with van der Waals surface area (Å²) in [5, 5.41) is 9.93. The Morgan fingerprint density at radius 1 is 1.06 bits per heavy atom. The molecule has 2 aliphatic rings. The number of aliphatic imine (C=N–C) groups is 1. The van der Waals surface area contributed by atoms with Gasteiger partial charge in [0.15, 0.2) is 5.17 Å². The number of nitrogens with zero attached hydrogens (tertiary/aromatic N) is 2. The summed E-state index contributed by atoms with van der Waals surface area (Å²) in [5.74, 6) is -0.847. The normalized spacial score (nSPS) is 19.1. The SMILES string of the molecule is O=C(O)c1ccccc1-c1ccc(/C=C2\SC(=Nc3ccccc3F)N(C3CCCCC3)C2=O)o1. The van der Waals surface area contributed by atoms with Crippen LogP contribution in [0, 0.1) is 5.82 Å². The molecule has 2 fully saturated rings. The van der Waals surface area contributed by atoms with Gasteiger partial charge in [-0.25, -0.2) is 14.2 Å². The predicted molar refractivity (Wildman–Crippen MR) is 134 cm³/mol. The number of hydrogen-bond acceptors (Lipinski definition) is 5. The zero-order chi connectivity index (χ0) is 24.4. The number of carboxylic acids is 1. The van der Waals surface area contributed by atoms with Crippen LogP contribution in [-0.4, -0.2) is 33.1 Å². The maximum atomic E-state index is 14.3. The van der Waals surface area contributed by atoms with Crippen molar-refractivity contribution in [1.29, 1.82) is 0 Å². The minimum Gasteiger partial charge on any atom is -0.478 e. The van der Waals surface area contributed by atoms with Crippen molar-refractivity contribution in [2.45, 2.75) is 38.1 Å². The number of halogens is 1. The Bertz CT molecular complexity index is 1340. The van der Waals surface area contributed by atoms with E-state index in [-0.39, 0.29) is 23.2 Å². The number of benzene rings is 2. The van der Waals surface area contributed by atoms with Crippen LogP contribution >= 0.6 is 11.8 Å². The molecule has 1 aliphatic carbocycles. The summed E-state index contributed by atoms with van der Waals surface area (Å²) < 4.78 is 20.2.